The van der Waals surface area contributed by atoms with Gasteiger partial charge in [0.05, 0.1) is 18.4 Å². The van der Waals surface area contributed by atoms with Crippen LogP contribution < -0.4 is 20.3 Å². The minimum Gasteiger partial charge on any atom is -0.482 e. The zero-order valence-corrected chi connectivity index (χ0v) is 17.2. The van der Waals surface area contributed by atoms with Crippen molar-refractivity contribution in [1.82, 2.24) is 10.6 Å². The number of anilines is 1. The molecule has 1 unspecified atom stereocenters. The molecule has 1 aromatic carbocycles. The minimum atomic E-state index is -0.00891. The van der Waals surface area contributed by atoms with Crippen molar-refractivity contribution in [3.05, 3.63) is 24.3 Å². The van der Waals surface area contributed by atoms with Crippen molar-refractivity contribution in [2.45, 2.75) is 32.3 Å². The number of para-hydroxylation sites is 2. The maximum Gasteiger partial charge on any atom is 0.265 e. The van der Waals surface area contributed by atoms with Crippen LogP contribution in [-0.4, -0.2) is 70.6 Å². The topological polar surface area (TPSA) is 84.4 Å². The lowest BCUT2D eigenvalue weighted by atomic mass is 10.2. The zero-order chi connectivity index (χ0) is 20.3. The molecule has 8 heteroatoms. The Morgan fingerprint density at radius 1 is 1.31 bits per heavy atom. The molecule has 0 bridgehead atoms. The first-order valence-corrected chi connectivity index (χ1v) is 10.5. The van der Waals surface area contributed by atoms with Crippen molar-refractivity contribution in [1.29, 1.82) is 0 Å². The third-order valence-corrected chi connectivity index (χ3v) is 4.82. The highest BCUT2D eigenvalue weighted by Gasteiger charge is 2.24. The average Bonchev–Trinajstić information content (AvgIpc) is 3.25. The Kier molecular flexibility index (Phi) is 8.58. The molecule has 160 valence electrons. The molecule has 2 aliphatic heterocycles. The number of carbonyl (C=O) groups excluding carboxylic acids is 1. The number of fused-ring (bicyclic) bond motifs is 1. The van der Waals surface area contributed by atoms with Gasteiger partial charge in [-0.05, 0) is 38.3 Å². The molecule has 3 rings (SSSR count). The monoisotopic (exact) mass is 404 g/mol. The van der Waals surface area contributed by atoms with Gasteiger partial charge in [0.25, 0.3) is 5.91 Å². The number of ether oxygens (including phenoxy) is 3. The van der Waals surface area contributed by atoms with Crippen molar-refractivity contribution in [3.63, 3.8) is 0 Å². The quantitative estimate of drug-likeness (QED) is 0.350. The van der Waals surface area contributed by atoms with Gasteiger partial charge in [0.15, 0.2) is 12.6 Å². The summed E-state index contributed by atoms with van der Waals surface area (Å²) < 4.78 is 16.6. The third kappa shape index (κ3) is 6.61. The van der Waals surface area contributed by atoms with Crippen LogP contribution in [0.2, 0.25) is 0 Å². The van der Waals surface area contributed by atoms with Gasteiger partial charge in [-0.2, -0.15) is 0 Å². The van der Waals surface area contributed by atoms with Gasteiger partial charge in [-0.15, -0.1) is 0 Å². The van der Waals surface area contributed by atoms with Crippen LogP contribution in [-0.2, 0) is 14.3 Å². The van der Waals surface area contributed by atoms with E-state index in [4.69, 9.17) is 14.2 Å². The summed E-state index contributed by atoms with van der Waals surface area (Å²) in [7, 11) is 0. The first kappa shape index (κ1) is 21.4. The summed E-state index contributed by atoms with van der Waals surface area (Å²) in [6.07, 6.45) is 2.94. The number of benzene rings is 1. The predicted molar refractivity (Wildman–Crippen MR) is 113 cm³/mol. The molecule has 29 heavy (non-hydrogen) atoms. The fourth-order valence-corrected chi connectivity index (χ4v) is 3.33. The Hall–Kier alpha value is -2.32. The van der Waals surface area contributed by atoms with E-state index in [1.54, 1.807) is 4.90 Å². The van der Waals surface area contributed by atoms with Gasteiger partial charge in [0, 0.05) is 39.4 Å². The van der Waals surface area contributed by atoms with Crippen LogP contribution in [0.15, 0.2) is 29.3 Å². The summed E-state index contributed by atoms with van der Waals surface area (Å²) in [6, 6.07) is 7.64. The van der Waals surface area contributed by atoms with E-state index in [-0.39, 0.29) is 18.6 Å². The van der Waals surface area contributed by atoms with E-state index in [2.05, 4.69) is 15.6 Å². The SMILES string of the molecule is CCNC(=NCCCN1C(=O)COc2ccccc21)NCCCOC1CCOC1. The van der Waals surface area contributed by atoms with Crippen LogP contribution in [0.1, 0.15) is 26.2 Å². The van der Waals surface area contributed by atoms with Crippen LogP contribution in [0.25, 0.3) is 0 Å². The predicted octanol–water partition coefficient (Wildman–Crippen LogP) is 1.55. The molecule has 1 saturated heterocycles. The summed E-state index contributed by atoms with van der Waals surface area (Å²) >= 11 is 0. The standard InChI is InChI=1S/C21H32N4O4/c1-2-22-21(24-11-6-13-28-17-9-14-27-15-17)23-10-5-12-25-18-7-3-4-8-19(18)29-16-20(25)26/h3-4,7-8,17H,2,5-6,9-16H2,1H3,(H2,22,23,24). The average molecular weight is 405 g/mol. The maximum atomic E-state index is 12.2. The van der Waals surface area contributed by atoms with Gasteiger partial charge < -0.3 is 29.7 Å². The molecule has 2 heterocycles. The van der Waals surface area contributed by atoms with E-state index in [1.807, 2.05) is 31.2 Å². The molecule has 1 aromatic rings. The van der Waals surface area contributed by atoms with Crippen molar-refractivity contribution in [3.8, 4) is 5.75 Å². The summed E-state index contributed by atoms with van der Waals surface area (Å²) in [5, 5.41) is 6.59. The molecule has 0 spiro atoms. The smallest absolute Gasteiger partial charge is 0.265 e. The summed E-state index contributed by atoms with van der Waals surface area (Å²) in [4.78, 5) is 18.6. The van der Waals surface area contributed by atoms with E-state index >= 15 is 0 Å². The Bertz CT molecular complexity index is 676. The van der Waals surface area contributed by atoms with Gasteiger partial charge in [0.1, 0.15) is 5.75 Å². The number of amides is 1. The number of nitrogens with zero attached hydrogens (tertiary/aromatic N) is 2. The van der Waals surface area contributed by atoms with Gasteiger partial charge in [0.2, 0.25) is 0 Å². The number of rotatable bonds is 10. The highest BCUT2D eigenvalue weighted by Crippen LogP contribution is 2.31. The number of nitrogens with one attached hydrogen (secondary N) is 2. The number of carbonyl (C=O) groups is 1. The summed E-state index contributed by atoms with van der Waals surface area (Å²) in [5.41, 5.74) is 0.838. The molecule has 8 nitrogen and oxygen atoms in total. The van der Waals surface area contributed by atoms with Crippen LogP contribution in [0.5, 0.6) is 5.75 Å². The molecule has 2 N–H and O–H groups in total. The fourth-order valence-electron chi connectivity index (χ4n) is 3.33. The highest BCUT2D eigenvalue weighted by atomic mass is 16.5. The van der Waals surface area contributed by atoms with E-state index < -0.39 is 0 Å². The first-order valence-electron chi connectivity index (χ1n) is 10.5. The number of aliphatic imine (C=N–C) groups is 1. The van der Waals surface area contributed by atoms with Crippen molar-refractivity contribution in [2.75, 3.05) is 57.5 Å². The Labute approximate surface area is 172 Å². The molecule has 1 atom stereocenters. The van der Waals surface area contributed by atoms with Gasteiger partial charge in [-0.25, -0.2) is 0 Å². The van der Waals surface area contributed by atoms with Gasteiger partial charge >= 0.3 is 0 Å². The van der Waals surface area contributed by atoms with E-state index in [9.17, 15) is 4.79 Å². The van der Waals surface area contributed by atoms with Crippen LogP contribution in [0.4, 0.5) is 5.69 Å². The van der Waals surface area contributed by atoms with Crippen molar-refractivity contribution >= 4 is 17.6 Å². The van der Waals surface area contributed by atoms with Gasteiger partial charge in [-0.3, -0.25) is 9.79 Å². The zero-order valence-electron chi connectivity index (χ0n) is 17.2. The Morgan fingerprint density at radius 2 is 2.21 bits per heavy atom. The number of hydrogen-bond donors (Lipinski definition) is 2. The molecule has 0 radical (unpaired) electrons. The molecule has 0 aliphatic carbocycles. The minimum absolute atomic E-state index is 0.00891. The first-order chi connectivity index (χ1) is 14.3. The number of guanidine groups is 1. The third-order valence-electron chi connectivity index (χ3n) is 4.82. The summed E-state index contributed by atoms with van der Waals surface area (Å²) in [6.45, 7) is 7.25. The Balaban J connectivity index is 1.38. The molecule has 1 amide bonds. The molecule has 0 aromatic heterocycles. The number of hydrogen-bond acceptors (Lipinski definition) is 5. The second-order valence-electron chi connectivity index (χ2n) is 7.05. The lowest BCUT2D eigenvalue weighted by molar-refractivity contribution is -0.121. The molecule has 1 fully saturated rings. The van der Waals surface area contributed by atoms with Crippen molar-refractivity contribution < 1.29 is 19.0 Å². The normalized spacial score (nSPS) is 19.1. The van der Waals surface area contributed by atoms with Gasteiger partial charge in [-0.1, -0.05) is 12.1 Å². The van der Waals surface area contributed by atoms with E-state index in [0.29, 0.717) is 19.7 Å². The molecular formula is C21H32N4O4. The lowest BCUT2D eigenvalue weighted by Gasteiger charge is -2.29. The second kappa shape index (κ2) is 11.6. The van der Waals surface area contributed by atoms with Crippen molar-refractivity contribution in [2.24, 2.45) is 4.99 Å². The Morgan fingerprint density at radius 3 is 3.03 bits per heavy atom. The van der Waals surface area contributed by atoms with Crippen LogP contribution >= 0.6 is 0 Å². The highest BCUT2D eigenvalue weighted by molar-refractivity contribution is 5.97. The largest absolute Gasteiger partial charge is 0.482 e. The summed E-state index contributed by atoms with van der Waals surface area (Å²) in [5.74, 6) is 1.55. The molecule has 2 aliphatic rings. The second-order valence-corrected chi connectivity index (χ2v) is 7.05. The van der Waals surface area contributed by atoms with Crippen LogP contribution in [0.3, 0.4) is 0 Å². The maximum absolute atomic E-state index is 12.2. The lowest BCUT2D eigenvalue weighted by Crippen LogP contribution is -2.40. The fraction of sp³-hybridized carbons (Fsp3) is 0.619. The van der Waals surface area contributed by atoms with E-state index in [1.165, 1.54) is 0 Å². The molecule has 0 saturated carbocycles. The van der Waals surface area contributed by atoms with Crippen LogP contribution in [0, 0.1) is 0 Å². The van der Waals surface area contributed by atoms with E-state index in [0.717, 1.165) is 63.0 Å². The molecular weight excluding hydrogens is 372 g/mol.